The summed E-state index contributed by atoms with van der Waals surface area (Å²) in [4.78, 5) is 10.4. The third-order valence-electron chi connectivity index (χ3n) is 2.34. The van der Waals surface area contributed by atoms with Gasteiger partial charge in [0, 0.05) is 25.5 Å². The molecule has 0 aliphatic carbocycles. The third kappa shape index (κ3) is 6.35. The highest BCUT2D eigenvalue weighted by atomic mass is 32.2. The van der Waals surface area contributed by atoms with Crippen molar-refractivity contribution in [3.05, 3.63) is 35.9 Å². The van der Waals surface area contributed by atoms with Gasteiger partial charge in [-0.2, -0.15) is 0 Å². The molecule has 0 heterocycles. The van der Waals surface area contributed by atoms with Gasteiger partial charge in [0.1, 0.15) is 0 Å². The second kappa shape index (κ2) is 7.66. The molecule has 0 aromatic heterocycles. The molecule has 7 heteroatoms. The predicted molar refractivity (Wildman–Crippen MR) is 77.0 cm³/mol. The van der Waals surface area contributed by atoms with Crippen LogP contribution in [-0.2, 0) is 19.6 Å². The Balaban J connectivity index is 2.72. The number of ether oxygens (including phenoxy) is 1. The van der Waals surface area contributed by atoms with Crippen molar-refractivity contribution < 1.29 is 23.1 Å². The Morgan fingerprint density at radius 2 is 2.20 bits per heavy atom. The van der Waals surface area contributed by atoms with Crippen LogP contribution < -0.4 is 4.72 Å². The van der Waals surface area contributed by atoms with E-state index in [1.807, 2.05) is 0 Å². The number of carboxylic acids is 1. The van der Waals surface area contributed by atoms with Crippen LogP contribution in [-0.4, -0.2) is 39.0 Å². The van der Waals surface area contributed by atoms with Crippen LogP contribution in [0.25, 0.3) is 6.08 Å². The predicted octanol–water partition coefficient (Wildman–Crippen LogP) is 1.56. The molecule has 0 spiro atoms. The molecule has 1 rings (SSSR count). The molecule has 0 unspecified atom stereocenters. The van der Waals surface area contributed by atoms with E-state index in [4.69, 9.17) is 9.84 Å². The van der Waals surface area contributed by atoms with Crippen molar-refractivity contribution in [2.75, 3.05) is 24.2 Å². The van der Waals surface area contributed by atoms with Gasteiger partial charge >= 0.3 is 5.97 Å². The maximum atomic E-state index is 11.8. The summed E-state index contributed by atoms with van der Waals surface area (Å²) in [7, 11) is -1.91. The van der Waals surface area contributed by atoms with Crippen molar-refractivity contribution in [1.29, 1.82) is 0 Å². The van der Waals surface area contributed by atoms with Gasteiger partial charge in [0.2, 0.25) is 10.0 Å². The van der Waals surface area contributed by atoms with Crippen LogP contribution in [0.15, 0.2) is 30.3 Å². The van der Waals surface area contributed by atoms with E-state index in [1.54, 1.807) is 24.3 Å². The zero-order valence-corrected chi connectivity index (χ0v) is 11.9. The Morgan fingerprint density at radius 1 is 1.45 bits per heavy atom. The number of aliphatic carboxylic acids is 1. The first-order chi connectivity index (χ1) is 9.43. The highest BCUT2D eigenvalue weighted by molar-refractivity contribution is 7.92. The number of sulfonamides is 1. The first-order valence-corrected chi connectivity index (χ1v) is 7.59. The molecule has 110 valence electrons. The summed E-state index contributed by atoms with van der Waals surface area (Å²) in [6.07, 6.45) is 2.79. The van der Waals surface area contributed by atoms with Crippen LogP contribution in [0.1, 0.15) is 12.0 Å². The second-order valence-electron chi connectivity index (χ2n) is 4.06. The van der Waals surface area contributed by atoms with Gasteiger partial charge in [-0.05, 0) is 30.2 Å². The van der Waals surface area contributed by atoms with E-state index in [0.29, 0.717) is 24.3 Å². The molecule has 20 heavy (non-hydrogen) atoms. The number of anilines is 1. The molecule has 6 nitrogen and oxygen atoms in total. The summed E-state index contributed by atoms with van der Waals surface area (Å²) in [5, 5.41) is 8.54. The fourth-order valence-corrected chi connectivity index (χ4v) is 2.58. The largest absolute Gasteiger partial charge is 0.478 e. The Bertz CT molecular complexity index is 580. The summed E-state index contributed by atoms with van der Waals surface area (Å²) >= 11 is 0. The van der Waals surface area contributed by atoms with Gasteiger partial charge < -0.3 is 9.84 Å². The highest BCUT2D eigenvalue weighted by Gasteiger charge is 2.09. The first-order valence-electron chi connectivity index (χ1n) is 5.93. The van der Waals surface area contributed by atoms with E-state index in [-0.39, 0.29) is 5.75 Å². The average Bonchev–Trinajstić information content (AvgIpc) is 2.36. The molecule has 0 saturated heterocycles. The van der Waals surface area contributed by atoms with Crippen LogP contribution in [0.4, 0.5) is 5.69 Å². The van der Waals surface area contributed by atoms with Gasteiger partial charge in [0.05, 0.1) is 5.75 Å². The molecule has 0 radical (unpaired) electrons. The van der Waals surface area contributed by atoms with Crippen molar-refractivity contribution in [2.45, 2.75) is 6.42 Å². The molecule has 0 atom stereocenters. The topological polar surface area (TPSA) is 92.7 Å². The number of hydrogen-bond acceptors (Lipinski definition) is 4. The highest BCUT2D eigenvalue weighted by Crippen LogP contribution is 2.14. The minimum atomic E-state index is -3.43. The van der Waals surface area contributed by atoms with Crippen LogP contribution >= 0.6 is 0 Å². The van der Waals surface area contributed by atoms with Crippen molar-refractivity contribution >= 4 is 27.8 Å². The van der Waals surface area contributed by atoms with Crippen molar-refractivity contribution in [3.63, 3.8) is 0 Å². The van der Waals surface area contributed by atoms with Gasteiger partial charge in [-0.25, -0.2) is 13.2 Å². The Labute approximate surface area is 118 Å². The number of nitrogens with one attached hydrogen (secondary N) is 1. The van der Waals surface area contributed by atoms with E-state index in [2.05, 4.69) is 4.72 Å². The molecule has 0 aliphatic heterocycles. The Morgan fingerprint density at radius 3 is 2.85 bits per heavy atom. The molecular weight excluding hydrogens is 282 g/mol. The standard InChI is InChI=1S/C13H17NO5S/c1-19-8-3-9-20(17,18)14-12-5-2-4-11(10-12)6-7-13(15)16/h2,4-7,10,14H,3,8-9H2,1H3,(H,15,16)/b7-6+. The fraction of sp³-hybridized carbons (Fsp3) is 0.308. The summed E-state index contributed by atoms with van der Waals surface area (Å²) in [6.45, 7) is 0.377. The summed E-state index contributed by atoms with van der Waals surface area (Å²) < 4.78 is 30.8. The van der Waals surface area contributed by atoms with Crippen molar-refractivity contribution in [3.8, 4) is 0 Å². The summed E-state index contributed by atoms with van der Waals surface area (Å²) in [6, 6.07) is 6.50. The molecule has 0 amide bonds. The molecule has 0 aliphatic rings. The maximum Gasteiger partial charge on any atom is 0.328 e. The number of methoxy groups -OCH3 is 1. The normalized spacial score (nSPS) is 11.7. The van der Waals surface area contributed by atoms with Crippen molar-refractivity contribution in [2.24, 2.45) is 0 Å². The van der Waals surface area contributed by atoms with E-state index >= 15 is 0 Å². The van der Waals surface area contributed by atoms with E-state index < -0.39 is 16.0 Å². The van der Waals surface area contributed by atoms with Crippen LogP contribution in [0.5, 0.6) is 0 Å². The van der Waals surface area contributed by atoms with Gasteiger partial charge in [-0.15, -0.1) is 0 Å². The first kappa shape index (κ1) is 16.2. The summed E-state index contributed by atoms with van der Waals surface area (Å²) in [5.41, 5.74) is 0.999. The van der Waals surface area contributed by atoms with E-state index in [1.165, 1.54) is 13.2 Å². The summed E-state index contributed by atoms with van der Waals surface area (Å²) in [5.74, 6) is -1.09. The zero-order valence-electron chi connectivity index (χ0n) is 11.1. The lowest BCUT2D eigenvalue weighted by Crippen LogP contribution is -2.17. The quantitative estimate of drug-likeness (QED) is 0.561. The minimum Gasteiger partial charge on any atom is -0.478 e. The Hall–Kier alpha value is -1.86. The lowest BCUT2D eigenvalue weighted by Gasteiger charge is -2.08. The number of hydrogen-bond donors (Lipinski definition) is 2. The molecule has 0 bridgehead atoms. The Kier molecular flexibility index (Phi) is 6.20. The number of rotatable bonds is 8. The zero-order chi connectivity index (χ0) is 15.0. The lowest BCUT2D eigenvalue weighted by atomic mass is 10.2. The number of benzene rings is 1. The fourth-order valence-electron chi connectivity index (χ4n) is 1.50. The van der Waals surface area contributed by atoms with Crippen LogP contribution in [0, 0.1) is 0 Å². The van der Waals surface area contributed by atoms with Gasteiger partial charge in [-0.3, -0.25) is 4.72 Å². The van der Waals surface area contributed by atoms with E-state index in [0.717, 1.165) is 6.08 Å². The third-order valence-corrected chi connectivity index (χ3v) is 3.71. The van der Waals surface area contributed by atoms with Gasteiger partial charge in [0.15, 0.2) is 0 Å². The average molecular weight is 299 g/mol. The number of carbonyl (C=O) groups is 1. The van der Waals surface area contributed by atoms with Crippen LogP contribution in [0.3, 0.4) is 0 Å². The molecule has 0 fully saturated rings. The molecule has 0 saturated carbocycles. The minimum absolute atomic E-state index is 0.0317. The molecule has 1 aromatic carbocycles. The van der Waals surface area contributed by atoms with E-state index in [9.17, 15) is 13.2 Å². The SMILES string of the molecule is COCCCS(=O)(=O)Nc1cccc(/C=C/C(=O)O)c1. The van der Waals surface area contributed by atoms with Gasteiger partial charge in [0.25, 0.3) is 0 Å². The molecule has 2 N–H and O–H groups in total. The van der Waals surface area contributed by atoms with Crippen molar-refractivity contribution in [1.82, 2.24) is 0 Å². The lowest BCUT2D eigenvalue weighted by molar-refractivity contribution is -0.131. The number of carboxylic acid groups (broad SMARTS) is 1. The van der Waals surface area contributed by atoms with Crippen LogP contribution in [0.2, 0.25) is 0 Å². The molecule has 1 aromatic rings. The smallest absolute Gasteiger partial charge is 0.328 e. The second-order valence-corrected chi connectivity index (χ2v) is 5.91. The monoisotopic (exact) mass is 299 g/mol. The molecular formula is C13H17NO5S. The van der Waals surface area contributed by atoms with Gasteiger partial charge in [-0.1, -0.05) is 12.1 Å². The maximum absolute atomic E-state index is 11.8.